The molecule has 0 saturated carbocycles. The van der Waals surface area contributed by atoms with Crippen LogP contribution in [-0.2, 0) is 28.7 Å². The molecule has 0 aliphatic carbocycles. The van der Waals surface area contributed by atoms with Gasteiger partial charge >= 0.3 is 11.9 Å². The first-order valence-electron chi connectivity index (χ1n) is 12.5. The van der Waals surface area contributed by atoms with Gasteiger partial charge in [0.15, 0.2) is 0 Å². The molecule has 0 spiro atoms. The van der Waals surface area contributed by atoms with E-state index < -0.39 is 34.9 Å². The van der Waals surface area contributed by atoms with Crippen LogP contribution in [-0.4, -0.2) is 37.0 Å². The maximum Gasteiger partial charge on any atom is 0.331 e. The van der Waals surface area contributed by atoms with E-state index in [-0.39, 0.29) is 25.0 Å². The zero-order valence-corrected chi connectivity index (χ0v) is 22.9. The summed E-state index contributed by atoms with van der Waals surface area (Å²) in [5.41, 5.74) is 0.325. The Labute approximate surface area is 224 Å². The molecule has 0 unspecified atom stereocenters. The fraction of sp³-hybridized carbons (Fsp3) is 0.400. The van der Waals surface area contributed by atoms with E-state index in [1.165, 1.54) is 0 Å². The molecule has 2 aromatic rings. The van der Waals surface area contributed by atoms with Crippen molar-refractivity contribution in [3.05, 3.63) is 83.9 Å². The zero-order chi connectivity index (χ0) is 28.3. The van der Waals surface area contributed by atoms with E-state index in [0.29, 0.717) is 0 Å². The Morgan fingerprint density at radius 1 is 0.632 bits per heavy atom. The van der Waals surface area contributed by atoms with Crippen molar-refractivity contribution in [2.75, 3.05) is 13.2 Å². The van der Waals surface area contributed by atoms with Gasteiger partial charge in [-0.3, -0.25) is 9.59 Å². The normalized spacial score (nSPS) is 13.3. The molecule has 0 saturated heterocycles. The standard InChI is InChI=1S/C30H38N2O6/c1-29(2,3)27(35)31-23(21-13-9-7-10-14-21)19-37-25(33)17-18-26(34)38-20-24(22-15-11-8-12-16-22)32-28(36)30(4,5)6/h7-18,23-24H,19-20H2,1-6H3,(H,31,35)(H,32,36)/b18-17+/t23-,24-/m0/s1. The smallest absolute Gasteiger partial charge is 0.331 e. The van der Waals surface area contributed by atoms with Crippen LogP contribution < -0.4 is 10.6 Å². The zero-order valence-electron chi connectivity index (χ0n) is 22.9. The highest BCUT2D eigenvalue weighted by Gasteiger charge is 2.26. The average Bonchev–Trinajstić information content (AvgIpc) is 2.87. The summed E-state index contributed by atoms with van der Waals surface area (Å²) in [6, 6.07) is 17.2. The highest BCUT2D eigenvalue weighted by atomic mass is 16.5. The van der Waals surface area contributed by atoms with Gasteiger partial charge in [0, 0.05) is 23.0 Å². The molecule has 0 fully saturated rings. The Bertz CT molecular complexity index is 1030. The third-order valence-corrected chi connectivity index (χ3v) is 5.52. The lowest BCUT2D eigenvalue weighted by atomic mass is 9.94. The van der Waals surface area contributed by atoms with Crippen molar-refractivity contribution in [3.8, 4) is 0 Å². The summed E-state index contributed by atoms with van der Waals surface area (Å²) in [5.74, 6) is -1.89. The van der Waals surface area contributed by atoms with E-state index in [0.717, 1.165) is 23.3 Å². The molecule has 0 bridgehead atoms. The van der Waals surface area contributed by atoms with Crippen LogP contribution in [0.2, 0.25) is 0 Å². The molecule has 2 N–H and O–H groups in total. The first-order valence-corrected chi connectivity index (χ1v) is 12.5. The summed E-state index contributed by atoms with van der Waals surface area (Å²) in [4.78, 5) is 49.6. The van der Waals surface area contributed by atoms with Crippen molar-refractivity contribution >= 4 is 23.8 Å². The van der Waals surface area contributed by atoms with Crippen LogP contribution >= 0.6 is 0 Å². The number of benzene rings is 2. The van der Waals surface area contributed by atoms with Crippen LogP contribution in [0.5, 0.6) is 0 Å². The van der Waals surface area contributed by atoms with E-state index >= 15 is 0 Å². The van der Waals surface area contributed by atoms with E-state index in [4.69, 9.17) is 9.47 Å². The topological polar surface area (TPSA) is 111 Å². The second-order valence-corrected chi connectivity index (χ2v) is 11.0. The molecular weight excluding hydrogens is 484 g/mol. The molecule has 2 aromatic carbocycles. The van der Waals surface area contributed by atoms with Gasteiger partial charge in [-0.05, 0) is 11.1 Å². The number of ether oxygens (including phenoxy) is 2. The van der Waals surface area contributed by atoms with Gasteiger partial charge in [-0.2, -0.15) is 0 Å². The Morgan fingerprint density at radius 3 is 1.24 bits per heavy atom. The van der Waals surface area contributed by atoms with Gasteiger partial charge in [-0.1, -0.05) is 102 Å². The molecule has 38 heavy (non-hydrogen) atoms. The molecule has 204 valence electrons. The Hall–Kier alpha value is -3.94. The first-order chi connectivity index (χ1) is 17.8. The maximum absolute atomic E-state index is 12.5. The molecule has 8 nitrogen and oxygen atoms in total. The van der Waals surface area contributed by atoms with Crippen molar-refractivity contribution in [1.29, 1.82) is 0 Å². The van der Waals surface area contributed by atoms with Crippen LogP contribution in [0, 0.1) is 10.8 Å². The summed E-state index contributed by atoms with van der Waals surface area (Å²) in [6.07, 6.45) is 1.95. The number of hydrogen-bond donors (Lipinski definition) is 2. The van der Waals surface area contributed by atoms with E-state index in [9.17, 15) is 19.2 Å². The van der Waals surface area contributed by atoms with Gasteiger partial charge in [0.25, 0.3) is 0 Å². The van der Waals surface area contributed by atoms with E-state index in [1.54, 1.807) is 41.5 Å². The molecule has 0 heterocycles. The summed E-state index contributed by atoms with van der Waals surface area (Å²) < 4.78 is 10.6. The van der Waals surface area contributed by atoms with Crippen molar-refractivity contribution in [2.24, 2.45) is 10.8 Å². The van der Waals surface area contributed by atoms with Crippen LogP contribution in [0.15, 0.2) is 72.8 Å². The predicted molar refractivity (Wildman–Crippen MR) is 145 cm³/mol. The van der Waals surface area contributed by atoms with Gasteiger partial charge in [-0.15, -0.1) is 0 Å². The quantitative estimate of drug-likeness (QED) is 0.353. The molecule has 0 aliphatic heterocycles. The Kier molecular flexibility index (Phi) is 10.8. The largest absolute Gasteiger partial charge is 0.460 e. The number of esters is 2. The summed E-state index contributed by atoms with van der Waals surface area (Å²) in [5, 5.41) is 5.80. The van der Waals surface area contributed by atoms with Gasteiger partial charge in [0.1, 0.15) is 13.2 Å². The van der Waals surface area contributed by atoms with Gasteiger partial charge in [0.05, 0.1) is 12.1 Å². The minimum Gasteiger partial charge on any atom is -0.460 e. The van der Waals surface area contributed by atoms with E-state index in [1.807, 2.05) is 60.7 Å². The lowest BCUT2D eigenvalue weighted by Crippen LogP contribution is -2.39. The number of amides is 2. The van der Waals surface area contributed by atoms with Crippen LogP contribution in [0.25, 0.3) is 0 Å². The third-order valence-electron chi connectivity index (χ3n) is 5.52. The molecule has 8 heteroatoms. The van der Waals surface area contributed by atoms with E-state index in [2.05, 4.69) is 10.6 Å². The molecule has 2 rings (SSSR count). The van der Waals surface area contributed by atoms with Crippen molar-refractivity contribution in [2.45, 2.75) is 53.6 Å². The SMILES string of the molecule is CC(C)(C)C(=O)N[C@@H](COC(=O)/C=C/C(=O)OC[C@H](NC(=O)C(C)(C)C)c1ccccc1)c1ccccc1. The number of hydrogen-bond acceptors (Lipinski definition) is 6. The molecule has 2 atom stereocenters. The summed E-state index contributed by atoms with van der Waals surface area (Å²) in [7, 11) is 0. The van der Waals surface area contributed by atoms with Crippen molar-refractivity contribution in [3.63, 3.8) is 0 Å². The second-order valence-electron chi connectivity index (χ2n) is 11.0. The van der Waals surface area contributed by atoms with Crippen molar-refractivity contribution < 1.29 is 28.7 Å². The molecule has 0 aliphatic rings. The fourth-order valence-electron chi connectivity index (χ4n) is 3.13. The number of nitrogens with one attached hydrogen (secondary N) is 2. The highest BCUT2D eigenvalue weighted by Crippen LogP contribution is 2.20. The molecular formula is C30H38N2O6. The van der Waals surface area contributed by atoms with Crippen LogP contribution in [0.4, 0.5) is 0 Å². The minimum absolute atomic E-state index is 0.112. The van der Waals surface area contributed by atoms with Gasteiger partial charge < -0.3 is 20.1 Å². The van der Waals surface area contributed by atoms with Gasteiger partial charge in [-0.25, -0.2) is 9.59 Å². The number of carbonyl (C=O) groups is 4. The summed E-state index contributed by atoms with van der Waals surface area (Å²) >= 11 is 0. The summed E-state index contributed by atoms with van der Waals surface area (Å²) in [6.45, 7) is 10.5. The first kappa shape index (κ1) is 30.3. The minimum atomic E-state index is -0.756. The van der Waals surface area contributed by atoms with Crippen molar-refractivity contribution in [1.82, 2.24) is 10.6 Å². The van der Waals surface area contributed by atoms with Crippen LogP contribution in [0.3, 0.4) is 0 Å². The average molecular weight is 523 g/mol. The monoisotopic (exact) mass is 522 g/mol. The maximum atomic E-state index is 12.5. The Balaban J connectivity index is 1.96. The van der Waals surface area contributed by atoms with Gasteiger partial charge in [0.2, 0.25) is 11.8 Å². The lowest BCUT2D eigenvalue weighted by molar-refractivity contribution is -0.142. The fourth-order valence-corrected chi connectivity index (χ4v) is 3.13. The molecule has 0 radical (unpaired) electrons. The number of rotatable bonds is 10. The number of carbonyl (C=O) groups excluding carboxylic acids is 4. The lowest BCUT2D eigenvalue weighted by Gasteiger charge is -2.24. The molecule has 2 amide bonds. The highest BCUT2D eigenvalue weighted by molar-refractivity contribution is 5.91. The second kappa shape index (κ2) is 13.6. The predicted octanol–water partition coefficient (Wildman–Crippen LogP) is 4.44. The third kappa shape index (κ3) is 10.2. The Morgan fingerprint density at radius 2 is 0.947 bits per heavy atom. The van der Waals surface area contributed by atoms with Crippen LogP contribution in [0.1, 0.15) is 64.8 Å². The molecule has 0 aromatic heterocycles.